The molecule has 3 atom stereocenters. The molecular formula is C26H31BrN2O6. The van der Waals surface area contributed by atoms with Gasteiger partial charge in [-0.15, -0.1) is 0 Å². The summed E-state index contributed by atoms with van der Waals surface area (Å²) < 4.78 is 17.2. The molecule has 1 aliphatic heterocycles. The molecular weight excluding hydrogens is 516 g/mol. The maximum atomic E-state index is 13.9. The van der Waals surface area contributed by atoms with E-state index in [1.807, 2.05) is 54.6 Å². The second-order valence-corrected chi connectivity index (χ2v) is 10.3. The van der Waals surface area contributed by atoms with Crippen LogP contribution < -0.4 is 10.6 Å². The Morgan fingerprint density at radius 1 is 1.11 bits per heavy atom. The van der Waals surface area contributed by atoms with Crippen molar-refractivity contribution in [3.05, 3.63) is 70.2 Å². The number of halogens is 1. The minimum atomic E-state index is -1.50. The number of carbonyl (C=O) groups excluding carboxylic acids is 3. The number of nitrogens with one attached hydrogen (secondary N) is 2. The topological polar surface area (TPSA) is 103 Å². The van der Waals surface area contributed by atoms with Gasteiger partial charge in [-0.25, -0.2) is 9.59 Å². The van der Waals surface area contributed by atoms with Gasteiger partial charge in [-0.2, -0.15) is 0 Å². The largest absolute Gasteiger partial charge is 0.467 e. The van der Waals surface area contributed by atoms with Crippen molar-refractivity contribution >= 4 is 33.9 Å². The zero-order valence-corrected chi connectivity index (χ0v) is 21.9. The molecule has 1 saturated heterocycles. The van der Waals surface area contributed by atoms with Crippen LogP contribution in [0.15, 0.2) is 59.1 Å². The number of hydrogen-bond acceptors (Lipinski definition) is 6. The van der Waals surface area contributed by atoms with Crippen molar-refractivity contribution in [2.24, 2.45) is 0 Å². The molecule has 2 aromatic rings. The number of alkyl carbamates (subject to hydrolysis) is 1. The normalized spacial score (nSPS) is 20.5. The molecule has 35 heavy (non-hydrogen) atoms. The Morgan fingerprint density at radius 3 is 2.37 bits per heavy atom. The molecule has 2 aromatic carbocycles. The van der Waals surface area contributed by atoms with Crippen molar-refractivity contribution in [2.75, 3.05) is 13.7 Å². The zero-order valence-electron chi connectivity index (χ0n) is 20.3. The summed E-state index contributed by atoms with van der Waals surface area (Å²) in [6, 6.07) is 15.6. The lowest BCUT2D eigenvalue weighted by atomic mass is 9.85. The number of esters is 1. The molecule has 0 unspecified atom stereocenters. The van der Waals surface area contributed by atoms with Crippen molar-refractivity contribution in [1.29, 1.82) is 0 Å². The first-order valence-electron chi connectivity index (χ1n) is 11.3. The zero-order chi connectivity index (χ0) is 25.6. The molecule has 1 heterocycles. The number of methoxy groups -OCH3 is 1. The van der Waals surface area contributed by atoms with Gasteiger partial charge in [0, 0.05) is 17.3 Å². The predicted octanol–water partition coefficient (Wildman–Crippen LogP) is 4.07. The molecule has 188 valence electrons. The Hall–Kier alpha value is -2.91. The lowest BCUT2D eigenvalue weighted by Gasteiger charge is -2.35. The first kappa shape index (κ1) is 26.7. The van der Waals surface area contributed by atoms with Crippen molar-refractivity contribution in [1.82, 2.24) is 10.6 Å². The summed E-state index contributed by atoms with van der Waals surface area (Å²) in [6.45, 7) is 5.45. The second kappa shape index (κ2) is 11.2. The molecule has 0 aromatic heterocycles. The minimum Gasteiger partial charge on any atom is -0.467 e. The van der Waals surface area contributed by atoms with E-state index >= 15 is 0 Å². The average molecular weight is 547 g/mol. The summed E-state index contributed by atoms with van der Waals surface area (Å²) >= 11 is 3.41. The van der Waals surface area contributed by atoms with Crippen molar-refractivity contribution in [2.45, 2.75) is 56.9 Å². The number of carbonyl (C=O) groups is 3. The number of hydrogen-bond donors (Lipinski definition) is 2. The van der Waals surface area contributed by atoms with Gasteiger partial charge in [0.1, 0.15) is 17.7 Å². The van der Waals surface area contributed by atoms with Crippen LogP contribution in [0.1, 0.15) is 44.4 Å². The van der Waals surface area contributed by atoms with Crippen molar-refractivity contribution in [3.63, 3.8) is 0 Å². The molecule has 2 N–H and O–H groups in total. The molecule has 1 aliphatic rings. The van der Waals surface area contributed by atoms with Gasteiger partial charge in [-0.05, 0) is 44.0 Å². The van der Waals surface area contributed by atoms with Crippen LogP contribution in [0.3, 0.4) is 0 Å². The van der Waals surface area contributed by atoms with E-state index in [0.717, 1.165) is 10.0 Å². The fourth-order valence-electron chi connectivity index (χ4n) is 4.00. The number of benzene rings is 2. The van der Waals surface area contributed by atoms with E-state index in [1.165, 1.54) is 7.11 Å². The number of rotatable bonds is 7. The van der Waals surface area contributed by atoms with E-state index in [1.54, 1.807) is 20.8 Å². The van der Waals surface area contributed by atoms with Crippen molar-refractivity contribution in [3.8, 4) is 0 Å². The number of amides is 2. The third kappa shape index (κ3) is 6.82. The Morgan fingerprint density at radius 2 is 1.77 bits per heavy atom. The van der Waals surface area contributed by atoms with Crippen LogP contribution in [-0.2, 0) is 30.2 Å². The Balaban J connectivity index is 1.95. The molecule has 0 radical (unpaired) electrons. The Bertz CT molecular complexity index is 1040. The molecule has 2 amide bonds. The van der Waals surface area contributed by atoms with Crippen LogP contribution in [0.4, 0.5) is 4.79 Å². The lowest BCUT2D eigenvalue weighted by molar-refractivity contribution is -0.146. The minimum absolute atomic E-state index is 0.192. The summed E-state index contributed by atoms with van der Waals surface area (Å²) in [5, 5.41) is 5.58. The van der Waals surface area contributed by atoms with Gasteiger partial charge in [0.05, 0.1) is 13.7 Å². The predicted molar refractivity (Wildman–Crippen MR) is 134 cm³/mol. The molecule has 0 spiro atoms. The maximum absolute atomic E-state index is 13.9. The highest BCUT2D eigenvalue weighted by Crippen LogP contribution is 2.39. The van der Waals surface area contributed by atoms with E-state index < -0.39 is 41.3 Å². The highest BCUT2D eigenvalue weighted by molar-refractivity contribution is 9.10. The lowest BCUT2D eigenvalue weighted by Crippen LogP contribution is -2.63. The van der Waals surface area contributed by atoms with E-state index in [9.17, 15) is 14.4 Å². The molecule has 0 aliphatic carbocycles. The summed E-state index contributed by atoms with van der Waals surface area (Å²) in [6.07, 6.45) is -1.13. The van der Waals surface area contributed by atoms with Crippen LogP contribution in [0.5, 0.6) is 0 Å². The van der Waals surface area contributed by atoms with Crippen LogP contribution in [0.2, 0.25) is 0 Å². The SMILES string of the molecule is COC(=O)[C@@H](Cc1ccccc1)NC(=O)[C@]1(NC(=O)OC(C)(C)C)CCO[C@@H]1c1ccc(Br)cc1. The quantitative estimate of drug-likeness (QED) is 0.507. The molecule has 3 rings (SSSR count). The standard InChI is InChI=1S/C26H31BrN2O6/c1-25(2,3)35-24(32)29-26(14-15-34-21(26)18-10-12-19(27)13-11-18)23(31)28-20(22(30)33-4)16-17-8-6-5-7-9-17/h5-13,20-21H,14-16H2,1-4H3,(H,28,31)(H,29,32)/t20-,21-,26+/m1/s1. The van der Waals surface area contributed by atoms with Crippen LogP contribution >= 0.6 is 15.9 Å². The summed E-state index contributed by atoms with van der Waals surface area (Å²) in [5.74, 6) is -1.14. The summed E-state index contributed by atoms with van der Waals surface area (Å²) in [4.78, 5) is 39.3. The third-order valence-corrected chi connectivity index (χ3v) is 6.13. The van der Waals surface area contributed by atoms with Gasteiger partial charge in [-0.3, -0.25) is 4.79 Å². The van der Waals surface area contributed by atoms with E-state index in [2.05, 4.69) is 26.6 Å². The van der Waals surface area contributed by atoms with E-state index in [-0.39, 0.29) is 19.4 Å². The van der Waals surface area contributed by atoms with E-state index in [4.69, 9.17) is 14.2 Å². The first-order chi connectivity index (χ1) is 16.5. The highest BCUT2D eigenvalue weighted by atomic mass is 79.9. The molecule has 0 bridgehead atoms. The van der Waals surface area contributed by atoms with Gasteiger partial charge >= 0.3 is 12.1 Å². The molecule has 1 fully saturated rings. The maximum Gasteiger partial charge on any atom is 0.408 e. The second-order valence-electron chi connectivity index (χ2n) is 9.39. The fraction of sp³-hybridized carbons (Fsp3) is 0.423. The molecule has 9 heteroatoms. The Kier molecular flexibility index (Phi) is 8.56. The van der Waals surface area contributed by atoms with Gasteiger partial charge in [-0.1, -0.05) is 58.4 Å². The first-order valence-corrected chi connectivity index (χ1v) is 12.1. The smallest absolute Gasteiger partial charge is 0.408 e. The van der Waals surface area contributed by atoms with Gasteiger partial charge < -0.3 is 24.8 Å². The summed E-state index contributed by atoms with van der Waals surface area (Å²) in [7, 11) is 1.27. The van der Waals surface area contributed by atoms with Gasteiger partial charge in [0.2, 0.25) is 5.91 Å². The van der Waals surface area contributed by atoms with Crippen LogP contribution in [0.25, 0.3) is 0 Å². The number of ether oxygens (including phenoxy) is 3. The van der Waals surface area contributed by atoms with Gasteiger partial charge in [0.15, 0.2) is 5.54 Å². The monoisotopic (exact) mass is 546 g/mol. The molecule has 0 saturated carbocycles. The third-order valence-electron chi connectivity index (χ3n) is 5.60. The van der Waals surface area contributed by atoms with Crippen molar-refractivity contribution < 1.29 is 28.6 Å². The Labute approximate surface area is 213 Å². The summed E-state index contributed by atoms with van der Waals surface area (Å²) in [5.41, 5.74) is -0.714. The molecule has 8 nitrogen and oxygen atoms in total. The average Bonchev–Trinajstić information content (AvgIpc) is 3.22. The van der Waals surface area contributed by atoms with Crippen LogP contribution in [0, 0.1) is 0 Å². The van der Waals surface area contributed by atoms with E-state index in [0.29, 0.717) is 5.56 Å². The van der Waals surface area contributed by atoms with Crippen LogP contribution in [-0.4, -0.2) is 48.9 Å². The van der Waals surface area contributed by atoms with Gasteiger partial charge in [0.25, 0.3) is 0 Å². The highest BCUT2D eigenvalue weighted by Gasteiger charge is 2.53. The fourth-order valence-corrected chi connectivity index (χ4v) is 4.27.